The van der Waals surface area contributed by atoms with Crippen molar-refractivity contribution < 1.29 is 5.11 Å². The highest BCUT2D eigenvalue weighted by molar-refractivity contribution is 4.94. The van der Waals surface area contributed by atoms with Gasteiger partial charge < -0.3 is 5.11 Å². The molecular formula is C12H25NO. The van der Waals surface area contributed by atoms with E-state index in [0.717, 1.165) is 19.4 Å². The lowest BCUT2D eigenvalue weighted by atomic mass is 9.80. The SMILES string of the molecule is CC(C)(C)N1CCC(CO)CC1(C)C. The molecular weight excluding hydrogens is 174 g/mol. The second-order valence-corrected chi connectivity index (χ2v) is 6.18. The molecule has 1 heterocycles. The largest absolute Gasteiger partial charge is 0.396 e. The fourth-order valence-electron chi connectivity index (χ4n) is 2.93. The summed E-state index contributed by atoms with van der Waals surface area (Å²) < 4.78 is 0. The van der Waals surface area contributed by atoms with Gasteiger partial charge in [-0.15, -0.1) is 0 Å². The van der Waals surface area contributed by atoms with Gasteiger partial charge in [0.1, 0.15) is 0 Å². The Hall–Kier alpha value is -0.0800. The summed E-state index contributed by atoms with van der Waals surface area (Å²) in [5.74, 6) is 0.503. The number of rotatable bonds is 1. The van der Waals surface area contributed by atoms with Crippen LogP contribution >= 0.6 is 0 Å². The van der Waals surface area contributed by atoms with Crippen molar-refractivity contribution in [3.05, 3.63) is 0 Å². The number of aliphatic hydroxyl groups excluding tert-OH is 1. The summed E-state index contributed by atoms with van der Waals surface area (Å²) in [6, 6.07) is 0. The van der Waals surface area contributed by atoms with E-state index in [9.17, 15) is 5.11 Å². The lowest BCUT2D eigenvalue weighted by molar-refractivity contribution is -0.0322. The summed E-state index contributed by atoms with van der Waals surface area (Å²) in [4.78, 5) is 2.56. The predicted octanol–water partition coefficient (Wildman–Crippen LogP) is 2.27. The van der Waals surface area contributed by atoms with Crippen LogP contribution in [0, 0.1) is 5.92 Å². The molecule has 1 aliphatic heterocycles. The first kappa shape index (κ1) is 12.0. The maximum Gasteiger partial charge on any atom is 0.0460 e. The molecule has 1 aliphatic rings. The number of hydrogen-bond donors (Lipinski definition) is 1. The van der Waals surface area contributed by atoms with Crippen molar-refractivity contribution in [2.75, 3.05) is 13.2 Å². The lowest BCUT2D eigenvalue weighted by Gasteiger charge is -2.52. The number of nitrogens with zero attached hydrogens (tertiary/aromatic N) is 1. The van der Waals surface area contributed by atoms with Crippen molar-refractivity contribution in [2.24, 2.45) is 5.92 Å². The van der Waals surface area contributed by atoms with Gasteiger partial charge in [0.2, 0.25) is 0 Å². The molecule has 14 heavy (non-hydrogen) atoms. The van der Waals surface area contributed by atoms with Crippen LogP contribution in [-0.4, -0.2) is 34.2 Å². The van der Waals surface area contributed by atoms with E-state index in [2.05, 4.69) is 39.5 Å². The number of aliphatic hydroxyl groups is 1. The Labute approximate surface area is 88.3 Å². The molecule has 2 heteroatoms. The van der Waals surface area contributed by atoms with E-state index in [1.54, 1.807) is 0 Å². The average Bonchev–Trinajstić information content (AvgIpc) is 1.99. The van der Waals surface area contributed by atoms with Gasteiger partial charge in [0.15, 0.2) is 0 Å². The topological polar surface area (TPSA) is 23.5 Å². The van der Waals surface area contributed by atoms with E-state index in [1.165, 1.54) is 0 Å². The van der Waals surface area contributed by atoms with Crippen LogP contribution in [-0.2, 0) is 0 Å². The van der Waals surface area contributed by atoms with Crippen molar-refractivity contribution in [3.63, 3.8) is 0 Å². The molecule has 0 aromatic rings. The summed E-state index contributed by atoms with van der Waals surface area (Å²) in [6.07, 6.45) is 2.25. The van der Waals surface area contributed by atoms with Crippen LogP contribution in [0.15, 0.2) is 0 Å². The molecule has 1 atom stereocenters. The highest BCUT2D eigenvalue weighted by Crippen LogP contribution is 2.35. The molecule has 1 saturated heterocycles. The van der Waals surface area contributed by atoms with Gasteiger partial charge in [-0.1, -0.05) is 0 Å². The molecule has 1 unspecified atom stereocenters. The summed E-state index contributed by atoms with van der Waals surface area (Å²) in [6.45, 7) is 12.9. The van der Waals surface area contributed by atoms with Crippen molar-refractivity contribution in [1.29, 1.82) is 0 Å². The fourth-order valence-corrected chi connectivity index (χ4v) is 2.93. The van der Waals surface area contributed by atoms with Gasteiger partial charge in [-0.3, -0.25) is 4.90 Å². The molecule has 1 N–H and O–H groups in total. The minimum absolute atomic E-state index is 0.226. The van der Waals surface area contributed by atoms with Crippen LogP contribution in [0.3, 0.4) is 0 Å². The minimum Gasteiger partial charge on any atom is -0.396 e. The molecule has 0 spiro atoms. The summed E-state index contributed by atoms with van der Waals surface area (Å²) >= 11 is 0. The Morgan fingerprint density at radius 2 is 1.93 bits per heavy atom. The van der Waals surface area contributed by atoms with Crippen LogP contribution in [0.25, 0.3) is 0 Å². The van der Waals surface area contributed by atoms with Gasteiger partial charge in [0, 0.05) is 17.7 Å². The first-order valence-electron chi connectivity index (χ1n) is 5.66. The van der Waals surface area contributed by atoms with Crippen molar-refractivity contribution in [2.45, 2.75) is 58.5 Å². The third kappa shape index (κ3) is 2.48. The predicted molar refractivity (Wildman–Crippen MR) is 60.3 cm³/mol. The zero-order valence-electron chi connectivity index (χ0n) is 10.3. The van der Waals surface area contributed by atoms with Gasteiger partial charge in [0.25, 0.3) is 0 Å². The lowest BCUT2D eigenvalue weighted by Crippen LogP contribution is -2.58. The van der Waals surface area contributed by atoms with Crippen LogP contribution in [0.4, 0.5) is 0 Å². The Morgan fingerprint density at radius 3 is 2.29 bits per heavy atom. The standard InChI is InChI=1S/C12H25NO/c1-11(2,3)13-7-6-10(9-14)8-12(13,4)5/h10,14H,6-9H2,1-5H3. The van der Waals surface area contributed by atoms with Gasteiger partial charge in [-0.2, -0.15) is 0 Å². The van der Waals surface area contributed by atoms with Gasteiger partial charge in [-0.25, -0.2) is 0 Å². The first-order valence-corrected chi connectivity index (χ1v) is 5.66. The monoisotopic (exact) mass is 199 g/mol. The second kappa shape index (κ2) is 3.82. The van der Waals surface area contributed by atoms with E-state index < -0.39 is 0 Å². The van der Waals surface area contributed by atoms with Crippen LogP contribution in [0.2, 0.25) is 0 Å². The summed E-state index contributed by atoms with van der Waals surface area (Å²) in [5.41, 5.74) is 0.466. The minimum atomic E-state index is 0.226. The summed E-state index contributed by atoms with van der Waals surface area (Å²) in [5, 5.41) is 9.19. The molecule has 0 radical (unpaired) electrons. The Bertz CT molecular complexity index is 193. The summed E-state index contributed by atoms with van der Waals surface area (Å²) in [7, 11) is 0. The Balaban J connectivity index is 2.73. The van der Waals surface area contributed by atoms with E-state index in [-0.39, 0.29) is 11.1 Å². The van der Waals surface area contributed by atoms with Crippen LogP contribution < -0.4 is 0 Å². The zero-order valence-corrected chi connectivity index (χ0v) is 10.3. The second-order valence-electron chi connectivity index (χ2n) is 6.18. The third-order valence-corrected chi connectivity index (χ3v) is 3.35. The normalized spacial score (nSPS) is 29.1. The molecule has 2 nitrogen and oxygen atoms in total. The molecule has 0 aromatic carbocycles. The molecule has 0 aliphatic carbocycles. The third-order valence-electron chi connectivity index (χ3n) is 3.35. The van der Waals surface area contributed by atoms with Crippen molar-refractivity contribution in [1.82, 2.24) is 4.90 Å². The van der Waals surface area contributed by atoms with Crippen LogP contribution in [0.1, 0.15) is 47.5 Å². The maximum atomic E-state index is 9.19. The van der Waals surface area contributed by atoms with Gasteiger partial charge in [-0.05, 0) is 59.9 Å². The highest BCUT2D eigenvalue weighted by Gasteiger charge is 2.39. The van der Waals surface area contributed by atoms with E-state index >= 15 is 0 Å². The average molecular weight is 199 g/mol. The highest BCUT2D eigenvalue weighted by atomic mass is 16.3. The zero-order chi connectivity index (χ0) is 11.0. The molecule has 1 rings (SSSR count). The van der Waals surface area contributed by atoms with Gasteiger partial charge in [0.05, 0.1) is 0 Å². The van der Waals surface area contributed by atoms with Crippen molar-refractivity contribution >= 4 is 0 Å². The first-order chi connectivity index (χ1) is 6.27. The Morgan fingerprint density at radius 1 is 1.36 bits per heavy atom. The maximum absolute atomic E-state index is 9.19. The molecule has 84 valence electrons. The van der Waals surface area contributed by atoms with Crippen molar-refractivity contribution in [3.8, 4) is 0 Å². The quantitative estimate of drug-likeness (QED) is 0.700. The number of hydrogen-bond acceptors (Lipinski definition) is 2. The fraction of sp³-hybridized carbons (Fsp3) is 1.00. The number of likely N-dealkylation sites (tertiary alicyclic amines) is 1. The molecule has 0 amide bonds. The van der Waals surface area contributed by atoms with Crippen LogP contribution in [0.5, 0.6) is 0 Å². The van der Waals surface area contributed by atoms with Gasteiger partial charge >= 0.3 is 0 Å². The smallest absolute Gasteiger partial charge is 0.0460 e. The molecule has 0 aromatic heterocycles. The number of piperidine rings is 1. The van der Waals surface area contributed by atoms with E-state index in [4.69, 9.17) is 0 Å². The van der Waals surface area contributed by atoms with E-state index in [0.29, 0.717) is 12.5 Å². The molecule has 0 saturated carbocycles. The molecule has 0 bridgehead atoms. The Kier molecular flexibility index (Phi) is 3.27. The molecule has 1 fully saturated rings. The van der Waals surface area contributed by atoms with E-state index in [1.807, 2.05) is 0 Å².